The summed E-state index contributed by atoms with van der Waals surface area (Å²) in [6, 6.07) is 18.2. The summed E-state index contributed by atoms with van der Waals surface area (Å²) in [5.41, 5.74) is 12.4. The van der Waals surface area contributed by atoms with Gasteiger partial charge in [-0.3, -0.25) is 9.79 Å². The van der Waals surface area contributed by atoms with Crippen molar-refractivity contribution in [1.29, 1.82) is 0 Å². The van der Waals surface area contributed by atoms with E-state index in [1.807, 2.05) is 45.2 Å². The standard InChI is InChI=1S/C17H17F3N2.C9H9ClN2O2.C2H6/c1-22-9-8-15(21)14-10-12(4-7-16(14)22)11-2-5-13(6-3-11)17(18,19)20;1-11-9(12-14-6-13)7-4-2-3-5-8(7)10;1-2/h2-7,10,15H,8-9,21H2,1H3;2-6H,1H3,(H,11,12);1-2H3. The lowest BCUT2D eigenvalue weighted by molar-refractivity contribution is -0.137. The van der Waals surface area contributed by atoms with Crippen molar-refractivity contribution in [2.45, 2.75) is 32.5 Å². The zero-order chi connectivity index (χ0) is 28.3. The predicted octanol–water partition coefficient (Wildman–Crippen LogP) is 6.63. The SMILES string of the molecule is CC.CN1CCC(N)c2cc(-c3ccc(C(F)(F)F)cc3)ccc21.CN=C(NOC=O)c1ccccc1Cl. The van der Waals surface area contributed by atoms with E-state index in [1.54, 1.807) is 25.2 Å². The molecule has 204 valence electrons. The molecule has 1 atom stereocenters. The van der Waals surface area contributed by atoms with Crippen molar-refractivity contribution < 1.29 is 22.8 Å². The van der Waals surface area contributed by atoms with Gasteiger partial charge >= 0.3 is 12.6 Å². The average Bonchev–Trinajstić information content (AvgIpc) is 2.93. The Labute approximate surface area is 226 Å². The molecular formula is C28H32ClF3N4O2. The van der Waals surface area contributed by atoms with Crippen LogP contribution in [-0.4, -0.2) is 32.9 Å². The molecule has 0 amide bonds. The number of hydrogen-bond acceptors (Lipinski definition) is 5. The van der Waals surface area contributed by atoms with Gasteiger partial charge in [0.2, 0.25) is 0 Å². The fraction of sp³-hybridized carbons (Fsp3) is 0.286. The summed E-state index contributed by atoms with van der Waals surface area (Å²) in [4.78, 5) is 20.4. The Kier molecular flexibility index (Phi) is 11.6. The number of alkyl halides is 3. The smallest absolute Gasteiger partial charge is 0.374 e. The highest BCUT2D eigenvalue weighted by molar-refractivity contribution is 6.34. The van der Waals surface area contributed by atoms with E-state index >= 15 is 0 Å². The molecule has 0 radical (unpaired) electrons. The number of fused-ring (bicyclic) bond motifs is 1. The third-order valence-corrected chi connectivity index (χ3v) is 6.05. The maximum Gasteiger partial charge on any atom is 0.416 e. The van der Waals surface area contributed by atoms with Crippen LogP contribution >= 0.6 is 11.6 Å². The molecule has 0 saturated carbocycles. The zero-order valence-electron chi connectivity index (χ0n) is 21.7. The molecule has 3 N–H and O–H groups in total. The van der Waals surface area contributed by atoms with Crippen molar-refractivity contribution in [2.75, 3.05) is 25.5 Å². The molecule has 1 aliphatic rings. The maximum atomic E-state index is 12.6. The number of carbonyl (C=O) groups is 1. The molecular weight excluding hydrogens is 517 g/mol. The van der Waals surface area contributed by atoms with Crippen molar-refractivity contribution in [2.24, 2.45) is 10.7 Å². The van der Waals surface area contributed by atoms with Crippen molar-refractivity contribution in [3.05, 3.63) is 88.4 Å². The second-order valence-corrected chi connectivity index (χ2v) is 8.44. The van der Waals surface area contributed by atoms with E-state index in [2.05, 4.69) is 20.2 Å². The number of carbonyl (C=O) groups excluding carboxylic acids is 1. The zero-order valence-corrected chi connectivity index (χ0v) is 22.5. The molecule has 0 aromatic heterocycles. The van der Waals surface area contributed by atoms with E-state index in [4.69, 9.17) is 17.3 Å². The summed E-state index contributed by atoms with van der Waals surface area (Å²) in [6.45, 7) is 5.19. The van der Waals surface area contributed by atoms with Gasteiger partial charge in [0.25, 0.3) is 0 Å². The molecule has 0 fully saturated rings. The highest BCUT2D eigenvalue weighted by Crippen LogP contribution is 2.36. The van der Waals surface area contributed by atoms with Crippen LogP contribution in [0.1, 0.15) is 43.0 Å². The molecule has 6 nitrogen and oxygen atoms in total. The summed E-state index contributed by atoms with van der Waals surface area (Å²) in [7, 11) is 3.59. The topological polar surface area (TPSA) is 79.9 Å². The number of nitrogens with zero attached hydrogens (tertiary/aromatic N) is 2. The lowest BCUT2D eigenvalue weighted by Crippen LogP contribution is -2.30. The molecule has 4 rings (SSSR count). The molecule has 38 heavy (non-hydrogen) atoms. The van der Waals surface area contributed by atoms with Gasteiger partial charge in [0.15, 0.2) is 5.84 Å². The first kappa shape index (κ1) is 30.7. The fourth-order valence-electron chi connectivity index (χ4n) is 3.79. The minimum Gasteiger partial charge on any atom is -0.374 e. The van der Waals surface area contributed by atoms with Crippen LogP contribution in [0.5, 0.6) is 0 Å². The van der Waals surface area contributed by atoms with Gasteiger partial charge in [-0.1, -0.05) is 55.8 Å². The maximum absolute atomic E-state index is 12.6. The number of nitrogens with one attached hydrogen (secondary N) is 1. The number of anilines is 1. The highest BCUT2D eigenvalue weighted by atomic mass is 35.5. The number of hydroxylamine groups is 1. The number of benzene rings is 3. The summed E-state index contributed by atoms with van der Waals surface area (Å²) in [6.07, 6.45) is -3.43. The Morgan fingerprint density at radius 3 is 2.32 bits per heavy atom. The lowest BCUT2D eigenvalue weighted by atomic mass is 9.93. The molecule has 0 saturated heterocycles. The molecule has 3 aromatic rings. The average molecular weight is 549 g/mol. The summed E-state index contributed by atoms with van der Waals surface area (Å²) in [5.74, 6) is 0.405. The van der Waals surface area contributed by atoms with Gasteiger partial charge in [0.05, 0.1) is 10.6 Å². The number of hydrogen-bond donors (Lipinski definition) is 2. The van der Waals surface area contributed by atoms with Gasteiger partial charge in [-0.25, -0.2) is 5.48 Å². The number of amidine groups is 1. The van der Waals surface area contributed by atoms with Gasteiger partial charge in [0, 0.05) is 37.9 Å². The molecule has 3 aromatic carbocycles. The Hall–Kier alpha value is -3.56. The minimum atomic E-state index is -4.31. The summed E-state index contributed by atoms with van der Waals surface area (Å²) < 4.78 is 37.9. The Morgan fingerprint density at radius 2 is 1.74 bits per heavy atom. The predicted molar refractivity (Wildman–Crippen MR) is 147 cm³/mol. The second kappa shape index (κ2) is 14.4. The first-order chi connectivity index (χ1) is 18.2. The van der Waals surface area contributed by atoms with E-state index in [9.17, 15) is 18.0 Å². The van der Waals surface area contributed by atoms with Crippen LogP contribution in [0, 0.1) is 0 Å². The first-order valence-corrected chi connectivity index (χ1v) is 12.4. The highest BCUT2D eigenvalue weighted by Gasteiger charge is 2.30. The lowest BCUT2D eigenvalue weighted by Gasteiger charge is -2.31. The molecule has 0 spiro atoms. The summed E-state index contributed by atoms with van der Waals surface area (Å²) >= 11 is 5.91. The molecule has 1 heterocycles. The van der Waals surface area contributed by atoms with Crippen molar-refractivity contribution >= 4 is 29.6 Å². The van der Waals surface area contributed by atoms with E-state index in [0.29, 0.717) is 16.4 Å². The van der Waals surface area contributed by atoms with Gasteiger partial charge in [-0.15, -0.1) is 0 Å². The first-order valence-electron chi connectivity index (χ1n) is 12.0. The van der Waals surface area contributed by atoms with Crippen molar-refractivity contribution in [3.63, 3.8) is 0 Å². The van der Waals surface area contributed by atoms with Crippen LogP contribution in [0.4, 0.5) is 18.9 Å². The van der Waals surface area contributed by atoms with Crippen molar-refractivity contribution in [1.82, 2.24) is 5.48 Å². The Balaban J connectivity index is 0.000000274. The molecule has 0 bridgehead atoms. The molecule has 10 heteroatoms. The van der Waals surface area contributed by atoms with Crippen LogP contribution in [0.15, 0.2) is 71.7 Å². The van der Waals surface area contributed by atoms with Crippen LogP contribution < -0.4 is 16.1 Å². The number of rotatable bonds is 4. The Morgan fingerprint density at radius 1 is 1.11 bits per heavy atom. The monoisotopic (exact) mass is 548 g/mol. The number of aliphatic imine (C=N–C) groups is 1. The van der Waals surface area contributed by atoms with Crippen LogP contribution in [0.25, 0.3) is 11.1 Å². The van der Waals surface area contributed by atoms with Gasteiger partial charge < -0.3 is 15.5 Å². The van der Waals surface area contributed by atoms with Gasteiger partial charge in [-0.05, 0) is 59.5 Å². The molecule has 1 unspecified atom stereocenters. The minimum absolute atomic E-state index is 0.0272. The van der Waals surface area contributed by atoms with E-state index < -0.39 is 11.7 Å². The van der Waals surface area contributed by atoms with E-state index in [1.165, 1.54) is 12.1 Å². The van der Waals surface area contributed by atoms with Crippen LogP contribution in [-0.2, 0) is 15.8 Å². The van der Waals surface area contributed by atoms with Crippen LogP contribution in [0.3, 0.4) is 0 Å². The normalized spacial score (nSPS) is 14.7. The van der Waals surface area contributed by atoms with E-state index in [-0.39, 0.29) is 12.5 Å². The third kappa shape index (κ3) is 7.97. The number of halogens is 4. The molecule has 1 aliphatic heterocycles. The number of nitrogens with two attached hydrogens (primary N) is 1. The fourth-order valence-corrected chi connectivity index (χ4v) is 4.02. The van der Waals surface area contributed by atoms with E-state index in [0.717, 1.165) is 47.5 Å². The molecule has 0 aliphatic carbocycles. The quantitative estimate of drug-likeness (QED) is 0.165. The van der Waals surface area contributed by atoms with Crippen molar-refractivity contribution in [3.8, 4) is 11.1 Å². The largest absolute Gasteiger partial charge is 0.416 e. The van der Waals surface area contributed by atoms with Gasteiger partial charge in [0.1, 0.15) is 0 Å². The second-order valence-electron chi connectivity index (χ2n) is 8.03. The van der Waals surface area contributed by atoms with Gasteiger partial charge in [-0.2, -0.15) is 13.2 Å². The third-order valence-electron chi connectivity index (χ3n) is 5.72. The Bertz CT molecular complexity index is 1220. The van der Waals surface area contributed by atoms with Crippen LogP contribution in [0.2, 0.25) is 5.02 Å². The summed E-state index contributed by atoms with van der Waals surface area (Å²) in [5, 5.41) is 0.537.